The molecule has 0 aliphatic rings. The molecule has 0 aromatic heterocycles. The lowest BCUT2D eigenvalue weighted by Crippen LogP contribution is -2.28. The summed E-state index contributed by atoms with van der Waals surface area (Å²) < 4.78 is 0. The molecule has 0 aliphatic heterocycles. The molecule has 0 amide bonds. The Bertz CT molecular complexity index is 337. The van der Waals surface area contributed by atoms with Gasteiger partial charge in [-0.3, -0.25) is 0 Å². The van der Waals surface area contributed by atoms with E-state index in [1.807, 2.05) is 12.1 Å². The zero-order valence-corrected chi connectivity index (χ0v) is 11.6. The minimum Gasteiger partial charge on any atom is -0.371 e. The van der Waals surface area contributed by atoms with Crippen LogP contribution in [0.4, 0.5) is 5.69 Å². The monoisotopic (exact) mass is 259 g/mol. The molecule has 1 aromatic rings. The van der Waals surface area contributed by atoms with Gasteiger partial charge in [0.1, 0.15) is 0 Å². The first kappa shape index (κ1) is 13.7. The summed E-state index contributed by atoms with van der Waals surface area (Å²) in [4.78, 5) is 2.35. The highest BCUT2D eigenvalue weighted by Crippen LogP contribution is 2.26. The number of benzene rings is 1. The fraction of sp³-hybridized carbons (Fsp3) is 0.538. The van der Waals surface area contributed by atoms with Crippen LogP contribution in [0.3, 0.4) is 0 Å². The number of alkyl halides is 1. The zero-order valence-electron chi connectivity index (χ0n) is 10.1. The lowest BCUT2D eigenvalue weighted by molar-refractivity contribution is 0.618. The van der Waals surface area contributed by atoms with Crippen LogP contribution in [0.2, 0.25) is 5.02 Å². The van der Waals surface area contributed by atoms with Crippen molar-refractivity contribution in [3.05, 3.63) is 28.8 Å². The molecule has 0 atom stereocenters. The van der Waals surface area contributed by atoms with Gasteiger partial charge in [0, 0.05) is 29.7 Å². The largest absolute Gasteiger partial charge is 0.371 e. The topological polar surface area (TPSA) is 3.24 Å². The Morgan fingerprint density at radius 2 is 2.00 bits per heavy atom. The summed E-state index contributed by atoms with van der Waals surface area (Å²) in [5.41, 5.74) is 2.31. The third-order valence-electron chi connectivity index (χ3n) is 2.49. The van der Waals surface area contributed by atoms with E-state index < -0.39 is 0 Å². The lowest BCUT2D eigenvalue weighted by atomic mass is 10.1. The number of nitrogens with zero attached hydrogens (tertiary/aromatic N) is 1. The van der Waals surface area contributed by atoms with Crippen molar-refractivity contribution < 1.29 is 0 Å². The van der Waals surface area contributed by atoms with Gasteiger partial charge in [-0.1, -0.05) is 25.4 Å². The predicted molar refractivity (Wildman–Crippen MR) is 73.7 cm³/mol. The maximum Gasteiger partial charge on any atom is 0.0495 e. The van der Waals surface area contributed by atoms with Crippen LogP contribution in [0.15, 0.2) is 18.2 Å². The van der Waals surface area contributed by atoms with Crippen LogP contribution in [0.5, 0.6) is 0 Å². The smallest absolute Gasteiger partial charge is 0.0495 e. The van der Waals surface area contributed by atoms with Crippen molar-refractivity contribution in [3.8, 4) is 0 Å². The Morgan fingerprint density at radius 3 is 2.50 bits per heavy atom. The maximum absolute atomic E-state index is 5.97. The van der Waals surface area contributed by atoms with E-state index in [0.29, 0.717) is 11.8 Å². The van der Waals surface area contributed by atoms with Crippen LogP contribution in [0, 0.1) is 5.92 Å². The molecule has 0 radical (unpaired) electrons. The molecule has 1 rings (SSSR count). The van der Waals surface area contributed by atoms with Crippen molar-refractivity contribution in [2.24, 2.45) is 5.92 Å². The van der Waals surface area contributed by atoms with Gasteiger partial charge in [-0.15, -0.1) is 11.6 Å². The van der Waals surface area contributed by atoms with Gasteiger partial charge in [-0.05, 0) is 36.6 Å². The third kappa shape index (κ3) is 3.57. The molecule has 0 unspecified atom stereocenters. The second-order valence-electron chi connectivity index (χ2n) is 4.34. The van der Waals surface area contributed by atoms with Crippen molar-refractivity contribution in [1.82, 2.24) is 0 Å². The summed E-state index contributed by atoms with van der Waals surface area (Å²) in [6, 6.07) is 5.94. The molecule has 90 valence electrons. The van der Waals surface area contributed by atoms with Gasteiger partial charge in [0.15, 0.2) is 0 Å². The Kier molecular flexibility index (Phi) is 5.43. The van der Waals surface area contributed by atoms with E-state index in [2.05, 4.69) is 31.7 Å². The molecule has 0 heterocycles. The summed E-state index contributed by atoms with van der Waals surface area (Å²) in [6.45, 7) is 8.64. The standard InChI is InChI=1S/C13H19Cl2N/c1-4-16(9-10(2)3)13-6-5-12(15)7-11(13)8-14/h5-7,10H,4,8-9H2,1-3H3. The van der Waals surface area contributed by atoms with Crippen LogP contribution in [0.25, 0.3) is 0 Å². The van der Waals surface area contributed by atoms with Crippen LogP contribution >= 0.6 is 23.2 Å². The van der Waals surface area contributed by atoms with Gasteiger partial charge in [-0.2, -0.15) is 0 Å². The Balaban J connectivity index is 2.99. The molecule has 0 fully saturated rings. The first-order valence-electron chi connectivity index (χ1n) is 5.67. The molecular formula is C13H19Cl2N. The first-order chi connectivity index (χ1) is 7.58. The van der Waals surface area contributed by atoms with E-state index >= 15 is 0 Å². The normalized spacial score (nSPS) is 10.9. The number of rotatable bonds is 5. The first-order valence-corrected chi connectivity index (χ1v) is 6.59. The van der Waals surface area contributed by atoms with Gasteiger partial charge in [-0.25, -0.2) is 0 Å². The predicted octanol–water partition coefficient (Wildman–Crippen LogP) is 4.56. The molecule has 0 bridgehead atoms. The van der Waals surface area contributed by atoms with Gasteiger partial charge >= 0.3 is 0 Å². The molecule has 16 heavy (non-hydrogen) atoms. The number of hydrogen-bond donors (Lipinski definition) is 0. The third-order valence-corrected chi connectivity index (χ3v) is 3.02. The summed E-state index contributed by atoms with van der Waals surface area (Å²) in [7, 11) is 0. The van der Waals surface area contributed by atoms with Crippen LogP contribution in [-0.2, 0) is 5.88 Å². The minimum absolute atomic E-state index is 0.504. The van der Waals surface area contributed by atoms with E-state index in [4.69, 9.17) is 23.2 Å². The van der Waals surface area contributed by atoms with Crippen LogP contribution in [-0.4, -0.2) is 13.1 Å². The average molecular weight is 260 g/mol. The molecule has 0 saturated heterocycles. The van der Waals surface area contributed by atoms with Crippen LogP contribution in [0.1, 0.15) is 26.3 Å². The van der Waals surface area contributed by atoms with Gasteiger partial charge in [0.25, 0.3) is 0 Å². The van der Waals surface area contributed by atoms with Crippen molar-refractivity contribution in [2.75, 3.05) is 18.0 Å². The molecule has 0 saturated carbocycles. The van der Waals surface area contributed by atoms with E-state index in [0.717, 1.165) is 23.7 Å². The molecule has 0 N–H and O–H groups in total. The Morgan fingerprint density at radius 1 is 1.31 bits per heavy atom. The zero-order chi connectivity index (χ0) is 12.1. The van der Waals surface area contributed by atoms with E-state index in [9.17, 15) is 0 Å². The van der Waals surface area contributed by atoms with Gasteiger partial charge in [0.2, 0.25) is 0 Å². The average Bonchev–Trinajstić information content (AvgIpc) is 2.25. The molecule has 1 aromatic carbocycles. The quantitative estimate of drug-likeness (QED) is 0.701. The molecular weight excluding hydrogens is 241 g/mol. The molecule has 1 nitrogen and oxygen atoms in total. The molecule has 0 aliphatic carbocycles. The molecule has 0 spiro atoms. The highest BCUT2D eigenvalue weighted by molar-refractivity contribution is 6.30. The lowest BCUT2D eigenvalue weighted by Gasteiger charge is -2.27. The van der Waals surface area contributed by atoms with Gasteiger partial charge < -0.3 is 4.90 Å². The number of hydrogen-bond acceptors (Lipinski definition) is 1. The second kappa shape index (κ2) is 6.36. The van der Waals surface area contributed by atoms with Crippen molar-refractivity contribution in [1.29, 1.82) is 0 Å². The van der Waals surface area contributed by atoms with Crippen molar-refractivity contribution >= 4 is 28.9 Å². The SMILES string of the molecule is CCN(CC(C)C)c1ccc(Cl)cc1CCl. The second-order valence-corrected chi connectivity index (χ2v) is 5.04. The highest BCUT2D eigenvalue weighted by Gasteiger charge is 2.11. The fourth-order valence-corrected chi connectivity index (χ4v) is 2.22. The Hall–Kier alpha value is -0.400. The maximum atomic E-state index is 5.97. The summed E-state index contributed by atoms with van der Waals surface area (Å²) in [5, 5.41) is 0.750. The van der Waals surface area contributed by atoms with Crippen molar-refractivity contribution in [2.45, 2.75) is 26.7 Å². The minimum atomic E-state index is 0.504. The fourth-order valence-electron chi connectivity index (χ4n) is 1.81. The number of halogens is 2. The summed E-state index contributed by atoms with van der Waals surface area (Å²) in [6.07, 6.45) is 0. The van der Waals surface area contributed by atoms with E-state index in [1.165, 1.54) is 5.69 Å². The number of anilines is 1. The molecule has 3 heteroatoms. The van der Waals surface area contributed by atoms with Gasteiger partial charge in [0.05, 0.1) is 0 Å². The van der Waals surface area contributed by atoms with Crippen molar-refractivity contribution in [3.63, 3.8) is 0 Å². The van der Waals surface area contributed by atoms with E-state index in [1.54, 1.807) is 0 Å². The van der Waals surface area contributed by atoms with Crippen LogP contribution < -0.4 is 4.90 Å². The highest BCUT2D eigenvalue weighted by atomic mass is 35.5. The summed E-state index contributed by atoms with van der Waals surface area (Å²) >= 11 is 11.9. The summed E-state index contributed by atoms with van der Waals surface area (Å²) in [5.74, 6) is 1.14. The van der Waals surface area contributed by atoms with E-state index in [-0.39, 0.29) is 0 Å². The Labute approximate surface area is 108 Å².